The molecule has 0 aliphatic carbocycles. The fourth-order valence-electron chi connectivity index (χ4n) is 2.32. The smallest absolute Gasteiger partial charge is 0.247 e. The first-order valence-electron chi connectivity index (χ1n) is 8.27. The summed E-state index contributed by atoms with van der Waals surface area (Å²) in [4.78, 5) is 23.6. The second kappa shape index (κ2) is 8.33. The lowest BCUT2D eigenvalue weighted by Crippen LogP contribution is -2.46. The summed E-state index contributed by atoms with van der Waals surface area (Å²) in [6.07, 6.45) is 0. The number of benzene rings is 2. The normalized spacial score (nSPS) is 11.7. The number of rotatable bonds is 6. The lowest BCUT2D eigenvalue weighted by Gasteiger charge is -2.21. The van der Waals surface area contributed by atoms with E-state index in [2.05, 4.69) is 10.6 Å². The van der Waals surface area contributed by atoms with Crippen LogP contribution in [0.1, 0.15) is 26.3 Å². The highest BCUT2D eigenvalue weighted by molar-refractivity contribution is 5.97. The number of anilines is 1. The molecule has 0 aliphatic heterocycles. The molecule has 5 nitrogen and oxygen atoms in total. The number of carbonyl (C=O) groups is 2. The molecule has 0 spiro atoms. The van der Waals surface area contributed by atoms with Gasteiger partial charge in [0, 0.05) is 12.6 Å². The summed E-state index contributed by atoms with van der Waals surface area (Å²) in [5, 5.41) is 5.49. The number of amides is 2. The van der Waals surface area contributed by atoms with Crippen LogP contribution in [0, 0.1) is 12.8 Å². The molecule has 0 fully saturated rings. The van der Waals surface area contributed by atoms with Crippen molar-refractivity contribution in [2.45, 2.75) is 33.7 Å². The van der Waals surface area contributed by atoms with E-state index in [9.17, 15) is 9.59 Å². The van der Waals surface area contributed by atoms with Crippen molar-refractivity contribution in [1.29, 1.82) is 0 Å². The summed E-state index contributed by atoms with van der Waals surface area (Å²) in [6, 6.07) is 14.3. The van der Waals surface area contributed by atoms with Crippen LogP contribution in [0.25, 0.3) is 0 Å². The zero-order valence-corrected chi connectivity index (χ0v) is 15.0. The van der Waals surface area contributed by atoms with E-state index in [-0.39, 0.29) is 17.7 Å². The molecule has 0 saturated heterocycles. The van der Waals surface area contributed by atoms with E-state index in [0.29, 0.717) is 11.4 Å². The van der Waals surface area contributed by atoms with Crippen molar-refractivity contribution in [3.8, 4) is 11.5 Å². The van der Waals surface area contributed by atoms with Crippen LogP contribution in [0.3, 0.4) is 0 Å². The predicted octanol–water partition coefficient (Wildman–Crippen LogP) is 3.89. The molecule has 1 atom stereocenters. The minimum atomic E-state index is -0.569. The lowest BCUT2D eigenvalue weighted by molar-refractivity contribution is -0.126. The van der Waals surface area contributed by atoms with Gasteiger partial charge in [0.2, 0.25) is 11.8 Å². The topological polar surface area (TPSA) is 67.4 Å². The maximum Gasteiger partial charge on any atom is 0.247 e. The number of nitrogens with one attached hydrogen (secondary N) is 2. The molecule has 132 valence electrons. The highest BCUT2D eigenvalue weighted by Crippen LogP contribution is 2.23. The van der Waals surface area contributed by atoms with Gasteiger partial charge in [-0.1, -0.05) is 31.5 Å². The van der Waals surface area contributed by atoms with Crippen LogP contribution in [0.15, 0.2) is 48.5 Å². The molecular formula is C20H24N2O3. The summed E-state index contributed by atoms with van der Waals surface area (Å²) < 4.78 is 5.76. The Morgan fingerprint density at radius 1 is 0.920 bits per heavy atom. The number of hydrogen-bond donors (Lipinski definition) is 2. The van der Waals surface area contributed by atoms with E-state index in [1.807, 2.05) is 45.0 Å². The van der Waals surface area contributed by atoms with Gasteiger partial charge in [-0.3, -0.25) is 9.59 Å². The van der Waals surface area contributed by atoms with Crippen molar-refractivity contribution in [3.05, 3.63) is 54.1 Å². The summed E-state index contributed by atoms with van der Waals surface area (Å²) in [7, 11) is 0. The third-order valence-electron chi connectivity index (χ3n) is 3.69. The number of ether oxygens (including phenoxy) is 1. The van der Waals surface area contributed by atoms with Crippen molar-refractivity contribution in [2.24, 2.45) is 5.92 Å². The van der Waals surface area contributed by atoms with Crippen molar-refractivity contribution in [1.82, 2.24) is 5.32 Å². The highest BCUT2D eigenvalue weighted by Gasteiger charge is 2.22. The van der Waals surface area contributed by atoms with Gasteiger partial charge in [0.15, 0.2) is 0 Å². The Hall–Kier alpha value is -2.82. The molecule has 25 heavy (non-hydrogen) atoms. The minimum Gasteiger partial charge on any atom is -0.457 e. The molecule has 2 amide bonds. The van der Waals surface area contributed by atoms with Crippen molar-refractivity contribution in [3.63, 3.8) is 0 Å². The number of carbonyl (C=O) groups excluding carboxylic acids is 2. The number of aryl methyl sites for hydroxylation is 1. The molecule has 0 radical (unpaired) electrons. The summed E-state index contributed by atoms with van der Waals surface area (Å²) in [6.45, 7) is 7.20. The molecule has 0 aromatic heterocycles. The molecule has 2 N–H and O–H groups in total. The monoisotopic (exact) mass is 340 g/mol. The Morgan fingerprint density at radius 2 is 1.44 bits per heavy atom. The van der Waals surface area contributed by atoms with Gasteiger partial charge in [0.25, 0.3) is 0 Å². The van der Waals surface area contributed by atoms with Crippen molar-refractivity contribution >= 4 is 17.5 Å². The van der Waals surface area contributed by atoms with Gasteiger partial charge in [-0.05, 0) is 49.2 Å². The molecule has 2 aromatic rings. The predicted molar refractivity (Wildman–Crippen MR) is 98.8 cm³/mol. The standard InChI is InChI=1S/C20H24N2O3/c1-13(2)19(21-15(4)23)20(24)22-16-7-11-18(12-8-16)25-17-9-5-14(3)6-10-17/h5-13,19H,1-4H3,(H,21,23)(H,22,24). The summed E-state index contributed by atoms with van der Waals surface area (Å²) in [5.74, 6) is 0.971. The van der Waals surface area contributed by atoms with Gasteiger partial charge in [0.05, 0.1) is 0 Å². The van der Waals surface area contributed by atoms with E-state index in [1.165, 1.54) is 12.5 Å². The fraction of sp³-hybridized carbons (Fsp3) is 0.300. The van der Waals surface area contributed by atoms with E-state index in [0.717, 1.165) is 5.75 Å². The van der Waals surface area contributed by atoms with Crippen LogP contribution in [-0.4, -0.2) is 17.9 Å². The second-order valence-corrected chi connectivity index (χ2v) is 6.35. The van der Waals surface area contributed by atoms with E-state index in [4.69, 9.17) is 4.74 Å². The van der Waals surface area contributed by atoms with Crippen LogP contribution < -0.4 is 15.4 Å². The summed E-state index contributed by atoms with van der Waals surface area (Å²) in [5.41, 5.74) is 1.82. The average Bonchev–Trinajstić information content (AvgIpc) is 2.56. The fourth-order valence-corrected chi connectivity index (χ4v) is 2.32. The van der Waals surface area contributed by atoms with Gasteiger partial charge in [-0.15, -0.1) is 0 Å². The van der Waals surface area contributed by atoms with Gasteiger partial charge >= 0.3 is 0 Å². The summed E-state index contributed by atoms with van der Waals surface area (Å²) >= 11 is 0. The molecular weight excluding hydrogens is 316 g/mol. The zero-order valence-electron chi connectivity index (χ0n) is 15.0. The van der Waals surface area contributed by atoms with Gasteiger partial charge in [-0.2, -0.15) is 0 Å². The lowest BCUT2D eigenvalue weighted by atomic mass is 10.0. The second-order valence-electron chi connectivity index (χ2n) is 6.35. The minimum absolute atomic E-state index is 0.00644. The Balaban J connectivity index is 2.00. The van der Waals surface area contributed by atoms with Crippen LogP contribution in [0.4, 0.5) is 5.69 Å². The van der Waals surface area contributed by atoms with Crippen molar-refractivity contribution < 1.29 is 14.3 Å². The van der Waals surface area contributed by atoms with Crippen LogP contribution in [0.5, 0.6) is 11.5 Å². The Morgan fingerprint density at radius 3 is 1.92 bits per heavy atom. The van der Waals surface area contributed by atoms with E-state index < -0.39 is 6.04 Å². The zero-order chi connectivity index (χ0) is 18.4. The maximum atomic E-state index is 12.3. The first kappa shape index (κ1) is 18.5. The SMILES string of the molecule is CC(=O)NC(C(=O)Nc1ccc(Oc2ccc(C)cc2)cc1)C(C)C. The van der Waals surface area contributed by atoms with Crippen LogP contribution >= 0.6 is 0 Å². The van der Waals surface area contributed by atoms with Crippen molar-refractivity contribution in [2.75, 3.05) is 5.32 Å². The quantitative estimate of drug-likeness (QED) is 0.838. The van der Waals surface area contributed by atoms with Crippen LogP contribution in [-0.2, 0) is 9.59 Å². The molecule has 0 bridgehead atoms. The third kappa shape index (κ3) is 5.64. The van der Waals surface area contributed by atoms with Gasteiger partial charge in [-0.25, -0.2) is 0 Å². The molecule has 0 heterocycles. The van der Waals surface area contributed by atoms with E-state index in [1.54, 1.807) is 24.3 Å². The Kier molecular flexibility index (Phi) is 6.17. The molecule has 0 aliphatic rings. The molecule has 2 aromatic carbocycles. The highest BCUT2D eigenvalue weighted by atomic mass is 16.5. The Labute approximate surface area is 148 Å². The largest absolute Gasteiger partial charge is 0.457 e. The number of hydrogen-bond acceptors (Lipinski definition) is 3. The maximum absolute atomic E-state index is 12.3. The van der Waals surface area contributed by atoms with Gasteiger partial charge in [0.1, 0.15) is 17.5 Å². The van der Waals surface area contributed by atoms with Gasteiger partial charge < -0.3 is 15.4 Å². The molecule has 0 saturated carbocycles. The molecule has 1 unspecified atom stereocenters. The Bertz CT molecular complexity index is 722. The molecule has 2 rings (SSSR count). The van der Waals surface area contributed by atoms with E-state index >= 15 is 0 Å². The third-order valence-corrected chi connectivity index (χ3v) is 3.69. The van der Waals surface area contributed by atoms with Crippen LogP contribution in [0.2, 0.25) is 0 Å². The first-order chi connectivity index (χ1) is 11.8. The molecule has 5 heteroatoms. The first-order valence-corrected chi connectivity index (χ1v) is 8.27. The average molecular weight is 340 g/mol.